The molecule has 1 saturated heterocycles. The molecule has 2 N–H and O–H groups in total. The Morgan fingerprint density at radius 3 is 2.67 bits per heavy atom. The van der Waals surface area contributed by atoms with Crippen molar-refractivity contribution in [2.75, 3.05) is 31.1 Å². The Morgan fingerprint density at radius 2 is 2.10 bits per heavy atom. The van der Waals surface area contributed by atoms with Gasteiger partial charge in [-0.25, -0.2) is 4.79 Å². The van der Waals surface area contributed by atoms with Crippen LogP contribution in [0, 0.1) is 11.3 Å². The third-order valence-electron chi connectivity index (χ3n) is 4.21. The number of carboxylic acids is 1. The second-order valence-corrected chi connectivity index (χ2v) is 7.84. The van der Waals surface area contributed by atoms with Crippen LogP contribution in [-0.2, 0) is 15.6 Å². The van der Waals surface area contributed by atoms with E-state index in [1.54, 1.807) is 18.7 Å². The van der Waals surface area contributed by atoms with Gasteiger partial charge in [-0.05, 0) is 32.6 Å². The molecule has 1 aliphatic heterocycles. The van der Waals surface area contributed by atoms with Gasteiger partial charge >= 0.3 is 12.0 Å². The van der Waals surface area contributed by atoms with Gasteiger partial charge in [-0.15, -0.1) is 0 Å². The third-order valence-corrected chi connectivity index (χ3v) is 5.51. The highest BCUT2D eigenvalue weighted by atomic mass is 32.2. The summed E-state index contributed by atoms with van der Waals surface area (Å²) in [6.07, 6.45) is 1.64. The molecule has 0 spiro atoms. The van der Waals surface area contributed by atoms with Crippen molar-refractivity contribution < 1.29 is 18.9 Å². The first-order chi connectivity index (χ1) is 9.78. The van der Waals surface area contributed by atoms with E-state index in [4.69, 9.17) is 0 Å². The van der Waals surface area contributed by atoms with Crippen LogP contribution >= 0.6 is 0 Å². The standard InChI is InChI=1S/C14H26N2O4S/c1-4-21(20)9-7-15-13(19)16-8-5-6-11(10-16)14(2,3)12(17)18/h11H,4-10H2,1-3H3,(H,15,19)(H,17,18). The first kappa shape index (κ1) is 17.9. The number of carbonyl (C=O) groups is 2. The summed E-state index contributed by atoms with van der Waals surface area (Å²) < 4.78 is 11.3. The predicted molar refractivity (Wildman–Crippen MR) is 82.7 cm³/mol. The van der Waals surface area contributed by atoms with Crippen LogP contribution < -0.4 is 5.32 Å². The largest absolute Gasteiger partial charge is 0.481 e. The molecule has 7 heteroatoms. The van der Waals surface area contributed by atoms with Crippen LogP contribution in [0.2, 0.25) is 0 Å². The smallest absolute Gasteiger partial charge is 0.317 e. The molecule has 1 fully saturated rings. The van der Waals surface area contributed by atoms with Crippen molar-refractivity contribution in [3.63, 3.8) is 0 Å². The number of piperidine rings is 1. The molecule has 1 heterocycles. The Balaban J connectivity index is 2.50. The number of carbonyl (C=O) groups excluding carboxylic acids is 1. The second-order valence-electron chi connectivity index (χ2n) is 5.98. The molecule has 0 aromatic heterocycles. The van der Waals surface area contributed by atoms with Gasteiger partial charge in [0, 0.05) is 41.9 Å². The van der Waals surface area contributed by atoms with Gasteiger partial charge in [0.15, 0.2) is 0 Å². The summed E-state index contributed by atoms with van der Waals surface area (Å²) in [5, 5.41) is 12.1. The SMILES string of the molecule is CCS(=O)CCNC(=O)N1CCCC(C(C)(C)C(=O)O)C1. The van der Waals surface area contributed by atoms with E-state index in [2.05, 4.69) is 5.32 Å². The normalized spacial score (nSPS) is 20.9. The van der Waals surface area contributed by atoms with Crippen molar-refractivity contribution in [1.29, 1.82) is 0 Å². The summed E-state index contributed by atoms with van der Waals surface area (Å²) in [7, 11) is -0.887. The van der Waals surface area contributed by atoms with Gasteiger partial charge in [0.2, 0.25) is 0 Å². The summed E-state index contributed by atoms with van der Waals surface area (Å²) in [5.41, 5.74) is -0.831. The maximum Gasteiger partial charge on any atom is 0.317 e. The molecule has 122 valence electrons. The molecule has 6 nitrogen and oxygen atoms in total. The molecule has 1 rings (SSSR count). The molecule has 0 bridgehead atoms. The molecule has 2 atom stereocenters. The van der Waals surface area contributed by atoms with E-state index >= 15 is 0 Å². The number of nitrogens with zero attached hydrogens (tertiary/aromatic N) is 1. The number of hydrogen-bond donors (Lipinski definition) is 2. The Bertz CT molecular complexity index is 412. The fourth-order valence-electron chi connectivity index (χ4n) is 2.45. The van der Waals surface area contributed by atoms with Crippen LogP contribution in [0.4, 0.5) is 4.79 Å². The van der Waals surface area contributed by atoms with Crippen LogP contribution in [0.3, 0.4) is 0 Å². The van der Waals surface area contributed by atoms with Crippen LogP contribution in [0.1, 0.15) is 33.6 Å². The average Bonchev–Trinajstić information content (AvgIpc) is 2.46. The number of nitrogens with one attached hydrogen (secondary N) is 1. The van der Waals surface area contributed by atoms with E-state index in [9.17, 15) is 18.9 Å². The quantitative estimate of drug-likeness (QED) is 0.772. The summed E-state index contributed by atoms with van der Waals surface area (Å²) in [6, 6.07) is -0.186. The molecule has 0 aromatic carbocycles. The lowest BCUT2D eigenvalue weighted by atomic mass is 9.74. The second kappa shape index (κ2) is 7.77. The van der Waals surface area contributed by atoms with E-state index < -0.39 is 22.2 Å². The fourth-order valence-corrected chi connectivity index (χ4v) is 3.07. The van der Waals surface area contributed by atoms with Crippen molar-refractivity contribution in [3.8, 4) is 0 Å². The zero-order valence-electron chi connectivity index (χ0n) is 13.1. The van der Waals surface area contributed by atoms with Crippen molar-refractivity contribution in [2.24, 2.45) is 11.3 Å². The van der Waals surface area contributed by atoms with Gasteiger partial charge in [0.05, 0.1) is 5.41 Å². The molecule has 2 unspecified atom stereocenters. The van der Waals surface area contributed by atoms with Gasteiger partial charge in [0.1, 0.15) is 0 Å². The molecule has 0 aliphatic carbocycles. The minimum atomic E-state index is -0.887. The lowest BCUT2D eigenvalue weighted by molar-refractivity contribution is -0.151. The van der Waals surface area contributed by atoms with E-state index in [1.807, 2.05) is 6.92 Å². The highest BCUT2D eigenvalue weighted by molar-refractivity contribution is 7.84. The Morgan fingerprint density at radius 1 is 1.43 bits per heavy atom. The predicted octanol–water partition coefficient (Wildman–Crippen LogP) is 1.29. The Kier molecular flexibility index (Phi) is 6.64. The van der Waals surface area contributed by atoms with Crippen LogP contribution in [-0.4, -0.2) is 57.4 Å². The minimum Gasteiger partial charge on any atom is -0.481 e. The number of aliphatic carboxylic acids is 1. The van der Waals surface area contributed by atoms with Gasteiger partial charge < -0.3 is 15.3 Å². The number of urea groups is 1. The maximum atomic E-state index is 12.1. The molecular weight excluding hydrogens is 292 g/mol. The fraction of sp³-hybridized carbons (Fsp3) is 0.857. The molecule has 0 saturated carbocycles. The lowest BCUT2D eigenvalue weighted by Gasteiger charge is -2.39. The van der Waals surface area contributed by atoms with Gasteiger partial charge in [0.25, 0.3) is 0 Å². The van der Waals surface area contributed by atoms with Crippen molar-refractivity contribution in [1.82, 2.24) is 10.2 Å². The zero-order valence-corrected chi connectivity index (χ0v) is 13.9. The van der Waals surface area contributed by atoms with Crippen LogP contribution in [0.5, 0.6) is 0 Å². The summed E-state index contributed by atoms with van der Waals surface area (Å²) >= 11 is 0. The summed E-state index contributed by atoms with van der Waals surface area (Å²) in [6.45, 7) is 6.78. The number of rotatable bonds is 6. The third kappa shape index (κ3) is 4.98. The van der Waals surface area contributed by atoms with Crippen molar-refractivity contribution in [3.05, 3.63) is 0 Å². The van der Waals surface area contributed by atoms with Crippen LogP contribution in [0.15, 0.2) is 0 Å². The molecule has 0 aromatic rings. The Labute approximate surface area is 128 Å². The average molecular weight is 318 g/mol. The zero-order chi connectivity index (χ0) is 16.0. The first-order valence-corrected chi connectivity index (χ1v) is 8.89. The molecule has 1 aliphatic rings. The molecule has 21 heavy (non-hydrogen) atoms. The van der Waals surface area contributed by atoms with Crippen LogP contribution in [0.25, 0.3) is 0 Å². The minimum absolute atomic E-state index is 0.0423. The topological polar surface area (TPSA) is 86.7 Å². The van der Waals surface area contributed by atoms with Gasteiger partial charge in [-0.2, -0.15) is 0 Å². The first-order valence-electron chi connectivity index (χ1n) is 7.40. The summed E-state index contributed by atoms with van der Waals surface area (Å²) in [4.78, 5) is 25.1. The highest BCUT2D eigenvalue weighted by Gasteiger charge is 2.39. The number of hydrogen-bond acceptors (Lipinski definition) is 3. The van der Waals surface area contributed by atoms with E-state index in [1.165, 1.54) is 0 Å². The maximum absolute atomic E-state index is 12.1. The number of likely N-dealkylation sites (tertiary alicyclic amines) is 1. The van der Waals surface area contributed by atoms with Crippen molar-refractivity contribution >= 4 is 22.8 Å². The lowest BCUT2D eigenvalue weighted by Crippen LogP contribution is -2.50. The van der Waals surface area contributed by atoms with Crippen molar-refractivity contribution in [2.45, 2.75) is 33.6 Å². The van der Waals surface area contributed by atoms with Gasteiger partial charge in [-0.3, -0.25) is 9.00 Å². The highest BCUT2D eigenvalue weighted by Crippen LogP contribution is 2.34. The van der Waals surface area contributed by atoms with E-state index in [0.717, 1.165) is 12.8 Å². The van der Waals surface area contributed by atoms with E-state index in [0.29, 0.717) is 31.1 Å². The number of carboxylic acid groups (broad SMARTS) is 1. The Hall–Kier alpha value is -1.11. The van der Waals surface area contributed by atoms with E-state index in [-0.39, 0.29) is 11.9 Å². The monoisotopic (exact) mass is 318 g/mol. The molecule has 0 radical (unpaired) electrons. The number of amides is 2. The summed E-state index contributed by atoms with van der Waals surface area (Å²) in [5.74, 6) is 0.182. The van der Waals surface area contributed by atoms with Gasteiger partial charge in [-0.1, -0.05) is 6.92 Å². The molecule has 2 amide bonds. The molecular formula is C14H26N2O4S.